The Labute approximate surface area is 150 Å². The molecule has 0 aromatic carbocycles. The van der Waals surface area contributed by atoms with Gasteiger partial charge in [0.05, 0.1) is 17.7 Å². The Morgan fingerprint density at radius 2 is 2.14 bits per heavy atom. The molecule has 0 amide bonds. The highest BCUT2D eigenvalue weighted by Crippen LogP contribution is 2.13. The minimum absolute atomic E-state index is 0. The number of hydrogen-bond acceptors (Lipinski definition) is 3. The minimum atomic E-state index is 0. The number of halogens is 1. The zero-order chi connectivity index (χ0) is 14.8. The SMILES string of the molecule is CCCCCC(C)NC(=NCc1scnc1C)NCC.I. The first-order valence-electron chi connectivity index (χ1n) is 7.61. The summed E-state index contributed by atoms with van der Waals surface area (Å²) in [6, 6.07) is 0.460. The van der Waals surface area contributed by atoms with Crippen LogP contribution in [0, 0.1) is 6.92 Å². The molecule has 122 valence electrons. The lowest BCUT2D eigenvalue weighted by atomic mass is 10.1. The molecule has 1 atom stereocenters. The van der Waals surface area contributed by atoms with E-state index in [4.69, 9.17) is 0 Å². The van der Waals surface area contributed by atoms with E-state index in [1.807, 2.05) is 12.4 Å². The fraction of sp³-hybridized carbons (Fsp3) is 0.733. The van der Waals surface area contributed by atoms with E-state index < -0.39 is 0 Å². The second kappa shape index (κ2) is 12.2. The van der Waals surface area contributed by atoms with Gasteiger partial charge in [-0.15, -0.1) is 35.3 Å². The van der Waals surface area contributed by atoms with Crippen LogP contribution in [0.25, 0.3) is 0 Å². The monoisotopic (exact) mass is 424 g/mol. The quantitative estimate of drug-likeness (QED) is 0.286. The molecule has 6 heteroatoms. The summed E-state index contributed by atoms with van der Waals surface area (Å²) in [6.45, 7) is 10.2. The zero-order valence-corrected chi connectivity index (χ0v) is 16.8. The standard InChI is InChI=1S/C15H28N4S.HI/c1-5-7-8-9-12(3)19-15(16-6-2)17-10-14-13(4)18-11-20-14;/h11-12H,5-10H2,1-4H3,(H2,16,17,19);1H. The molecular formula is C15H29IN4S. The highest BCUT2D eigenvalue weighted by atomic mass is 127. The first-order chi connectivity index (χ1) is 9.67. The summed E-state index contributed by atoms with van der Waals surface area (Å²) in [5.74, 6) is 0.907. The third-order valence-electron chi connectivity index (χ3n) is 3.19. The number of aromatic nitrogens is 1. The maximum Gasteiger partial charge on any atom is 0.191 e. The average molecular weight is 424 g/mol. The lowest BCUT2D eigenvalue weighted by Crippen LogP contribution is -2.42. The van der Waals surface area contributed by atoms with Crippen LogP contribution in [0.2, 0.25) is 0 Å². The fourth-order valence-electron chi connectivity index (χ4n) is 1.95. The van der Waals surface area contributed by atoms with Crippen molar-refractivity contribution in [3.05, 3.63) is 16.1 Å². The van der Waals surface area contributed by atoms with Crippen LogP contribution in [0.15, 0.2) is 10.5 Å². The second-order valence-electron chi connectivity index (χ2n) is 5.10. The molecule has 0 bridgehead atoms. The Morgan fingerprint density at radius 3 is 2.71 bits per heavy atom. The van der Waals surface area contributed by atoms with E-state index in [0.29, 0.717) is 12.6 Å². The van der Waals surface area contributed by atoms with E-state index in [1.54, 1.807) is 11.3 Å². The molecule has 0 aliphatic carbocycles. The maximum atomic E-state index is 4.65. The van der Waals surface area contributed by atoms with E-state index in [0.717, 1.165) is 18.2 Å². The molecular weight excluding hydrogens is 395 g/mol. The molecule has 0 spiro atoms. The van der Waals surface area contributed by atoms with Crippen molar-refractivity contribution in [3.63, 3.8) is 0 Å². The van der Waals surface area contributed by atoms with Crippen LogP contribution in [-0.4, -0.2) is 23.5 Å². The molecule has 0 fully saturated rings. The number of aryl methyl sites for hydroxylation is 1. The van der Waals surface area contributed by atoms with Crippen LogP contribution >= 0.6 is 35.3 Å². The van der Waals surface area contributed by atoms with Crippen molar-refractivity contribution in [2.45, 2.75) is 66.0 Å². The fourth-order valence-corrected chi connectivity index (χ4v) is 2.66. The van der Waals surface area contributed by atoms with Crippen LogP contribution in [0.1, 0.15) is 57.0 Å². The molecule has 4 nitrogen and oxygen atoms in total. The molecule has 0 radical (unpaired) electrons. The first-order valence-corrected chi connectivity index (χ1v) is 8.49. The third kappa shape index (κ3) is 8.60. The van der Waals surface area contributed by atoms with Gasteiger partial charge in [-0.05, 0) is 27.2 Å². The van der Waals surface area contributed by atoms with Crippen LogP contribution in [-0.2, 0) is 6.54 Å². The van der Waals surface area contributed by atoms with Gasteiger partial charge in [-0.25, -0.2) is 9.98 Å². The predicted octanol–water partition coefficient (Wildman–Crippen LogP) is 4.09. The van der Waals surface area contributed by atoms with Crippen molar-refractivity contribution in [2.75, 3.05) is 6.54 Å². The van der Waals surface area contributed by atoms with Gasteiger partial charge < -0.3 is 10.6 Å². The topological polar surface area (TPSA) is 49.3 Å². The lowest BCUT2D eigenvalue weighted by molar-refractivity contribution is 0.547. The number of thiazole rings is 1. The highest BCUT2D eigenvalue weighted by Gasteiger charge is 2.06. The van der Waals surface area contributed by atoms with Gasteiger partial charge in [-0.2, -0.15) is 0 Å². The van der Waals surface area contributed by atoms with E-state index in [2.05, 4.69) is 41.4 Å². The molecule has 0 aliphatic rings. The summed E-state index contributed by atoms with van der Waals surface area (Å²) < 4.78 is 0. The third-order valence-corrected chi connectivity index (χ3v) is 4.11. The van der Waals surface area contributed by atoms with E-state index in [9.17, 15) is 0 Å². The Morgan fingerprint density at radius 1 is 1.38 bits per heavy atom. The van der Waals surface area contributed by atoms with Crippen LogP contribution in [0.3, 0.4) is 0 Å². The average Bonchev–Trinajstić information content (AvgIpc) is 2.82. The van der Waals surface area contributed by atoms with Crippen LogP contribution in [0.5, 0.6) is 0 Å². The van der Waals surface area contributed by atoms with Gasteiger partial charge in [0.25, 0.3) is 0 Å². The summed E-state index contributed by atoms with van der Waals surface area (Å²) in [7, 11) is 0. The number of aliphatic imine (C=N–C) groups is 1. The minimum Gasteiger partial charge on any atom is -0.357 e. The molecule has 0 saturated carbocycles. The van der Waals surface area contributed by atoms with Gasteiger partial charge in [0.15, 0.2) is 5.96 Å². The Bertz CT molecular complexity index is 406. The number of rotatable bonds is 8. The van der Waals surface area contributed by atoms with Crippen LogP contribution < -0.4 is 10.6 Å². The van der Waals surface area contributed by atoms with Gasteiger partial charge in [0, 0.05) is 17.5 Å². The van der Waals surface area contributed by atoms with Crippen molar-refractivity contribution in [2.24, 2.45) is 4.99 Å². The summed E-state index contributed by atoms with van der Waals surface area (Å²) >= 11 is 1.67. The maximum absolute atomic E-state index is 4.65. The van der Waals surface area contributed by atoms with Crippen molar-refractivity contribution in [1.29, 1.82) is 0 Å². The zero-order valence-electron chi connectivity index (χ0n) is 13.6. The van der Waals surface area contributed by atoms with Crippen molar-refractivity contribution >= 4 is 41.3 Å². The molecule has 0 saturated heterocycles. The molecule has 2 N–H and O–H groups in total. The summed E-state index contributed by atoms with van der Waals surface area (Å²) in [5.41, 5.74) is 2.97. The number of guanidine groups is 1. The number of hydrogen-bond donors (Lipinski definition) is 2. The Kier molecular flexibility index (Phi) is 12.0. The number of nitrogens with one attached hydrogen (secondary N) is 2. The number of nitrogens with zero attached hydrogens (tertiary/aromatic N) is 2. The molecule has 1 unspecified atom stereocenters. The van der Waals surface area contributed by atoms with Gasteiger partial charge in [0.2, 0.25) is 0 Å². The molecule has 1 aromatic rings. The van der Waals surface area contributed by atoms with Crippen molar-refractivity contribution < 1.29 is 0 Å². The Hall–Kier alpha value is -0.370. The van der Waals surface area contributed by atoms with E-state index >= 15 is 0 Å². The molecule has 1 heterocycles. The molecule has 1 rings (SSSR count). The van der Waals surface area contributed by atoms with Gasteiger partial charge in [-0.3, -0.25) is 0 Å². The van der Waals surface area contributed by atoms with Crippen molar-refractivity contribution in [1.82, 2.24) is 15.6 Å². The van der Waals surface area contributed by atoms with Crippen molar-refractivity contribution in [3.8, 4) is 0 Å². The molecule has 21 heavy (non-hydrogen) atoms. The number of unbranched alkanes of at least 4 members (excludes halogenated alkanes) is 2. The summed E-state index contributed by atoms with van der Waals surface area (Å²) in [5, 5.41) is 6.79. The Balaban J connectivity index is 0.00000400. The highest BCUT2D eigenvalue weighted by molar-refractivity contribution is 14.0. The molecule has 0 aliphatic heterocycles. The second-order valence-corrected chi connectivity index (χ2v) is 6.04. The summed E-state index contributed by atoms with van der Waals surface area (Å²) in [6.07, 6.45) is 5.04. The predicted molar refractivity (Wildman–Crippen MR) is 104 cm³/mol. The van der Waals surface area contributed by atoms with Crippen LogP contribution in [0.4, 0.5) is 0 Å². The van der Waals surface area contributed by atoms with Gasteiger partial charge in [0.1, 0.15) is 0 Å². The first kappa shape index (κ1) is 20.6. The van der Waals surface area contributed by atoms with Gasteiger partial charge >= 0.3 is 0 Å². The van der Waals surface area contributed by atoms with Gasteiger partial charge in [-0.1, -0.05) is 26.2 Å². The normalized spacial score (nSPS) is 12.7. The van der Waals surface area contributed by atoms with E-state index in [-0.39, 0.29) is 24.0 Å². The smallest absolute Gasteiger partial charge is 0.191 e. The van der Waals surface area contributed by atoms with E-state index in [1.165, 1.54) is 30.6 Å². The summed E-state index contributed by atoms with van der Waals surface area (Å²) in [4.78, 5) is 10.1. The largest absolute Gasteiger partial charge is 0.357 e. The molecule has 1 aromatic heterocycles. The lowest BCUT2D eigenvalue weighted by Gasteiger charge is -2.17.